The van der Waals surface area contributed by atoms with E-state index in [0.29, 0.717) is 24.4 Å². The van der Waals surface area contributed by atoms with Crippen LogP contribution in [0.5, 0.6) is 5.75 Å². The molecular formula is C28H40O4. The van der Waals surface area contributed by atoms with Gasteiger partial charge in [-0.1, -0.05) is 37.6 Å². The average Bonchev–Trinajstić information content (AvgIpc) is 3.09. The van der Waals surface area contributed by atoms with Crippen molar-refractivity contribution in [2.45, 2.75) is 76.9 Å². The number of aliphatic hydroxyl groups is 2. The fraction of sp³-hybridized carbons (Fsp3) is 0.714. The number of methoxy groups -OCH3 is 1. The van der Waals surface area contributed by atoms with Gasteiger partial charge in [0, 0.05) is 5.41 Å². The highest BCUT2D eigenvalue weighted by molar-refractivity contribution is 5.35. The minimum atomic E-state index is -0.748. The Bertz CT molecular complexity index is 863. The van der Waals surface area contributed by atoms with E-state index in [9.17, 15) is 5.11 Å². The first kappa shape index (κ1) is 22.4. The van der Waals surface area contributed by atoms with E-state index in [2.05, 4.69) is 32.1 Å². The molecular weight excluding hydrogens is 400 g/mol. The Balaban J connectivity index is 1.40. The molecule has 3 fully saturated rings. The molecule has 2 N–H and O–H groups in total. The minimum absolute atomic E-state index is 0.0677. The van der Waals surface area contributed by atoms with Crippen molar-refractivity contribution in [1.29, 1.82) is 0 Å². The van der Waals surface area contributed by atoms with E-state index < -0.39 is 5.60 Å². The second-order valence-corrected chi connectivity index (χ2v) is 11.3. The second-order valence-electron chi connectivity index (χ2n) is 11.3. The van der Waals surface area contributed by atoms with E-state index in [1.165, 1.54) is 19.3 Å². The largest absolute Gasteiger partial charge is 0.497 e. The normalized spacial score (nSPS) is 43.1. The lowest BCUT2D eigenvalue weighted by Crippen LogP contribution is -2.54. The summed E-state index contributed by atoms with van der Waals surface area (Å²) in [5.41, 5.74) is 2.11. The number of benzene rings is 1. The summed E-state index contributed by atoms with van der Waals surface area (Å²) in [6.07, 6.45) is 11.5. The van der Waals surface area contributed by atoms with Crippen LogP contribution < -0.4 is 4.74 Å². The second kappa shape index (κ2) is 8.14. The summed E-state index contributed by atoms with van der Waals surface area (Å²) in [6, 6.07) is 8.14. The summed E-state index contributed by atoms with van der Waals surface area (Å²) in [5, 5.41) is 21.2. The quantitative estimate of drug-likeness (QED) is 0.616. The van der Waals surface area contributed by atoms with Crippen LogP contribution in [-0.4, -0.2) is 36.6 Å². The minimum Gasteiger partial charge on any atom is -0.497 e. The van der Waals surface area contributed by atoms with Gasteiger partial charge in [0.1, 0.15) is 5.75 Å². The van der Waals surface area contributed by atoms with Crippen molar-refractivity contribution < 1.29 is 19.7 Å². The van der Waals surface area contributed by atoms with Crippen LogP contribution in [-0.2, 0) is 10.3 Å². The molecule has 5 rings (SSSR count). The number of aliphatic hydroxyl groups excluding tert-OH is 1. The highest BCUT2D eigenvalue weighted by Crippen LogP contribution is 2.69. The monoisotopic (exact) mass is 440 g/mol. The molecule has 7 atom stereocenters. The van der Waals surface area contributed by atoms with Crippen LogP contribution >= 0.6 is 0 Å². The molecule has 0 radical (unpaired) electrons. The van der Waals surface area contributed by atoms with Crippen LogP contribution in [0.1, 0.15) is 70.8 Å². The lowest BCUT2D eigenvalue weighted by Gasteiger charge is -2.59. The van der Waals surface area contributed by atoms with Gasteiger partial charge in [-0.25, -0.2) is 0 Å². The van der Waals surface area contributed by atoms with Crippen LogP contribution in [0.2, 0.25) is 0 Å². The Labute approximate surface area is 193 Å². The van der Waals surface area contributed by atoms with Crippen LogP contribution in [0.3, 0.4) is 0 Å². The fourth-order valence-corrected chi connectivity index (χ4v) is 8.39. The Morgan fingerprint density at radius 3 is 2.44 bits per heavy atom. The molecule has 0 amide bonds. The highest BCUT2D eigenvalue weighted by atomic mass is 16.5. The van der Waals surface area contributed by atoms with Gasteiger partial charge in [0.15, 0.2) is 0 Å². The van der Waals surface area contributed by atoms with Gasteiger partial charge in [0.25, 0.3) is 0 Å². The van der Waals surface area contributed by atoms with Crippen molar-refractivity contribution in [3.8, 4) is 5.75 Å². The van der Waals surface area contributed by atoms with Crippen molar-refractivity contribution in [2.75, 3.05) is 20.3 Å². The fourth-order valence-electron chi connectivity index (χ4n) is 8.39. The van der Waals surface area contributed by atoms with Crippen molar-refractivity contribution in [2.24, 2.45) is 28.6 Å². The molecule has 32 heavy (non-hydrogen) atoms. The summed E-state index contributed by atoms with van der Waals surface area (Å²) in [7, 11) is 1.69. The SMILES string of the molecule is COc1ccc(C2(O)CC[C@H]3[C@@H]4CCC5=CC(OCCO)CC[C@]5(C)[C@@H]4CC[C@@]32C)cc1. The Hall–Kier alpha value is -1.36. The Kier molecular flexibility index (Phi) is 5.71. The molecule has 4 nitrogen and oxygen atoms in total. The zero-order valence-electron chi connectivity index (χ0n) is 20.0. The van der Waals surface area contributed by atoms with Crippen molar-refractivity contribution >= 4 is 0 Å². The molecule has 1 aromatic rings. The van der Waals surface area contributed by atoms with Gasteiger partial charge >= 0.3 is 0 Å². The maximum Gasteiger partial charge on any atom is 0.118 e. The molecule has 0 spiro atoms. The first-order valence-corrected chi connectivity index (χ1v) is 12.7. The van der Waals surface area contributed by atoms with E-state index in [4.69, 9.17) is 14.6 Å². The first-order chi connectivity index (χ1) is 15.4. The molecule has 0 saturated heterocycles. The lowest BCUT2D eigenvalue weighted by molar-refractivity contribution is -0.133. The molecule has 0 aromatic heterocycles. The number of ether oxygens (including phenoxy) is 2. The van der Waals surface area contributed by atoms with E-state index in [1.54, 1.807) is 12.7 Å². The van der Waals surface area contributed by atoms with Crippen molar-refractivity contribution in [3.63, 3.8) is 0 Å². The van der Waals surface area contributed by atoms with Crippen molar-refractivity contribution in [1.82, 2.24) is 0 Å². The van der Waals surface area contributed by atoms with E-state index in [1.807, 2.05) is 12.1 Å². The molecule has 0 aliphatic heterocycles. The van der Waals surface area contributed by atoms with E-state index >= 15 is 0 Å². The summed E-state index contributed by atoms with van der Waals surface area (Å²) in [6.45, 7) is 5.41. The third-order valence-corrected chi connectivity index (χ3v) is 10.2. The molecule has 4 aliphatic rings. The molecule has 176 valence electrons. The Morgan fingerprint density at radius 1 is 0.969 bits per heavy atom. The smallest absolute Gasteiger partial charge is 0.118 e. The van der Waals surface area contributed by atoms with Gasteiger partial charge < -0.3 is 19.7 Å². The standard InChI is InChI=1S/C28H40O4/c1-26-13-10-22(32-17-16-29)18-20(26)6-9-23-24(26)11-14-27(2)25(23)12-15-28(27,30)19-4-7-21(31-3)8-5-19/h4-5,7-8,18,22-25,29-30H,6,9-17H2,1-3H3/t22?,23-,24-,25+,26+,27+,28?/m1/s1. The van der Waals surface area contributed by atoms with Crippen LogP contribution in [0.4, 0.5) is 0 Å². The summed E-state index contributed by atoms with van der Waals surface area (Å²) >= 11 is 0. The number of fused-ring (bicyclic) bond motifs is 5. The third kappa shape index (κ3) is 3.20. The first-order valence-electron chi connectivity index (χ1n) is 12.7. The number of allylic oxidation sites excluding steroid dienone is 1. The van der Waals surface area contributed by atoms with Gasteiger partial charge in [-0.05, 0) is 92.2 Å². The van der Waals surface area contributed by atoms with Gasteiger partial charge in [0.05, 0.1) is 32.0 Å². The Morgan fingerprint density at radius 2 is 1.72 bits per heavy atom. The molecule has 4 aliphatic carbocycles. The van der Waals surface area contributed by atoms with Gasteiger partial charge in [0.2, 0.25) is 0 Å². The van der Waals surface area contributed by atoms with E-state index in [-0.39, 0.29) is 23.5 Å². The highest BCUT2D eigenvalue weighted by Gasteiger charge is 2.64. The number of hydrogen-bond acceptors (Lipinski definition) is 4. The summed E-state index contributed by atoms with van der Waals surface area (Å²) in [5.74, 6) is 2.82. The molecule has 0 heterocycles. The maximum absolute atomic E-state index is 12.1. The maximum atomic E-state index is 12.1. The van der Waals surface area contributed by atoms with Gasteiger partial charge in [-0.15, -0.1) is 0 Å². The number of rotatable bonds is 5. The van der Waals surface area contributed by atoms with Crippen molar-refractivity contribution in [3.05, 3.63) is 41.5 Å². The topological polar surface area (TPSA) is 58.9 Å². The van der Waals surface area contributed by atoms with Crippen LogP contribution in [0, 0.1) is 28.6 Å². The van der Waals surface area contributed by atoms with Crippen LogP contribution in [0.25, 0.3) is 0 Å². The zero-order valence-corrected chi connectivity index (χ0v) is 20.0. The molecule has 3 saturated carbocycles. The summed E-state index contributed by atoms with van der Waals surface area (Å²) in [4.78, 5) is 0. The lowest BCUT2D eigenvalue weighted by atomic mass is 9.46. The van der Waals surface area contributed by atoms with Gasteiger partial charge in [-0.3, -0.25) is 0 Å². The van der Waals surface area contributed by atoms with E-state index in [0.717, 1.165) is 43.4 Å². The molecule has 2 unspecified atom stereocenters. The average molecular weight is 441 g/mol. The van der Waals surface area contributed by atoms with Gasteiger partial charge in [-0.2, -0.15) is 0 Å². The predicted octanol–water partition coefficient (Wildman–Crippen LogP) is 5.22. The molecule has 4 heteroatoms. The molecule has 1 aromatic carbocycles. The summed E-state index contributed by atoms with van der Waals surface area (Å²) < 4.78 is 11.2. The predicted molar refractivity (Wildman–Crippen MR) is 125 cm³/mol. The third-order valence-electron chi connectivity index (χ3n) is 10.2. The zero-order chi connectivity index (χ0) is 22.6. The van der Waals surface area contributed by atoms with Crippen LogP contribution in [0.15, 0.2) is 35.9 Å². The number of hydrogen-bond donors (Lipinski definition) is 2. The molecule has 0 bridgehead atoms.